The summed E-state index contributed by atoms with van der Waals surface area (Å²) in [5, 5.41) is 13.0. The SMILES string of the molecule is O=S1(=O)CC[C@@H](N(Cc2cccs2)C[C@H](O)COc2ccc(Cl)cc2)C1. The summed E-state index contributed by atoms with van der Waals surface area (Å²) in [6, 6.07) is 10.9. The fraction of sp³-hybridized carbons (Fsp3) is 0.444. The smallest absolute Gasteiger partial charge is 0.151 e. The van der Waals surface area contributed by atoms with Crippen LogP contribution in [0.15, 0.2) is 41.8 Å². The predicted molar refractivity (Wildman–Crippen MR) is 105 cm³/mol. The molecule has 8 heteroatoms. The summed E-state index contributed by atoms with van der Waals surface area (Å²) in [4.78, 5) is 3.21. The average molecular weight is 416 g/mol. The van der Waals surface area contributed by atoms with E-state index in [4.69, 9.17) is 16.3 Å². The Bertz CT molecular complexity index is 793. The Morgan fingerprint density at radius 2 is 2.08 bits per heavy atom. The molecular weight excluding hydrogens is 394 g/mol. The number of benzene rings is 1. The minimum atomic E-state index is -2.98. The van der Waals surface area contributed by atoms with E-state index in [1.165, 1.54) is 0 Å². The van der Waals surface area contributed by atoms with Crippen molar-refractivity contribution in [3.63, 3.8) is 0 Å². The third-order valence-electron chi connectivity index (χ3n) is 4.37. The maximum atomic E-state index is 11.8. The number of ether oxygens (including phenoxy) is 1. The zero-order valence-electron chi connectivity index (χ0n) is 14.3. The molecule has 0 aliphatic carbocycles. The van der Waals surface area contributed by atoms with Gasteiger partial charge < -0.3 is 9.84 Å². The van der Waals surface area contributed by atoms with Crippen LogP contribution in [0.25, 0.3) is 0 Å². The first kappa shape index (κ1) is 19.6. The van der Waals surface area contributed by atoms with Crippen molar-refractivity contribution < 1.29 is 18.3 Å². The quantitative estimate of drug-likeness (QED) is 0.718. The number of aliphatic hydroxyl groups excluding tert-OH is 1. The van der Waals surface area contributed by atoms with Crippen LogP contribution in [0.4, 0.5) is 0 Å². The van der Waals surface area contributed by atoms with Gasteiger partial charge in [0, 0.05) is 29.0 Å². The molecule has 2 heterocycles. The highest BCUT2D eigenvalue weighted by molar-refractivity contribution is 7.91. The van der Waals surface area contributed by atoms with Gasteiger partial charge in [0.15, 0.2) is 9.84 Å². The van der Waals surface area contributed by atoms with Crippen molar-refractivity contribution in [1.29, 1.82) is 0 Å². The van der Waals surface area contributed by atoms with Crippen LogP contribution in [0.3, 0.4) is 0 Å². The minimum absolute atomic E-state index is 0.0627. The molecule has 3 rings (SSSR count). The molecule has 1 fully saturated rings. The fourth-order valence-electron chi connectivity index (χ4n) is 3.06. The van der Waals surface area contributed by atoms with Crippen molar-refractivity contribution in [3.8, 4) is 5.75 Å². The highest BCUT2D eigenvalue weighted by atomic mass is 35.5. The van der Waals surface area contributed by atoms with Gasteiger partial charge in [0.2, 0.25) is 0 Å². The Morgan fingerprint density at radius 3 is 2.69 bits per heavy atom. The van der Waals surface area contributed by atoms with Gasteiger partial charge in [-0.15, -0.1) is 11.3 Å². The lowest BCUT2D eigenvalue weighted by Gasteiger charge is -2.29. The first-order chi connectivity index (χ1) is 12.4. The van der Waals surface area contributed by atoms with Gasteiger partial charge in [-0.3, -0.25) is 4.90 Å². The van der Waals surface area contributed by atoms with Crippen molar-refractivity contribution in [2.75, 3.05) is 24.7 Å². The first-order valence-corrected chi connectivity index (χ1v) is 11.5. The molecule has 0 saturated carbocycles. The standard InChI is InChI=1S/C18H22ClNO4S2/c19-14-3-5-17(6-4-14)24-12-16(21)10-20(11-18-2-1-8-25-18)15-7-9-26(22,23)13-15/h1-6,8,15-16,21H,7,9-13H2/t15-,16+/m1/s1. The number of thiophene rings is 1. The number of rotatable bonds is 8. The van der Waals surface area contributed by atoms with E-state index in [9.17, 15) is 13.5 Å². The zero-order valence-corrected chi connectivity index (χ0v) is 16.6. The zero-order chi connectivity index (χ0) is 18.6. The summed E-state index contributed by atoms with van der Waals surface area (Å²) in [6.07, 6.45) is -0.104. The Labute approximate surface area is 163 Å². The van der Waals surface area contributed by atoms with Crippen LogP contribution in [-0.2, 0) is 16.4 Å². The maximum absolute atomic E-state index is 11.8. The summed E-state index contributed by atoms with van der Waals surface area (Å²) >= 11 is 7.48. The topological polar surface area (TPSA) is 66.8 Å². The summed E-state index contributed by atoms with van der Waals surface area (Å²) in [5.41, 5.74) is 0. The van der Waals surface area contributed by atoms with Crippen LogP contribution >= 0.6 is 22.9 Å². The average Bonchev–Trinajstić information content (AvgIpc) is 3.23. The predicted octanol–water partition coefficient (Wildman–Crippen LogP) is 2.83. The lowest BCUT2D eigenvalue weighted by Crippen LogP contribution is -2.42. The van der Waals surface area contributed by atoms with Gasteiger partial charge in [0.25, 0.3) is 0 Å². The van der Waals surface area contributed by atoms with Crippen LogP contribution < -0.4 is 4.74 Å². The van der Waals surface area contributed by atoms with Crippen molar-refractivity contribution in [2.45, 2.75) is 25.1 Å². The molecule has 0 radical (unpaired) electrons. The Hall–Kier alpha value is -1.12. The number of nitrogens with zero attached hydrogens (tertiary/aromatic N) is 1. The highest BCUT2D eigenvalue weighted by Gasteiger charge is 2.33. The number of hydrogen-bond acceptors (Lipinski definition) is 6. The third-order valence-corrected chi connectivity index (χ3v) is 7.23. The Kier molecular flexibility index (Phi) is 6.58. The van der Waals surface area contributed by atoms with E-state index in [1.807, 2.05) is 17.5 Å². The molecule has 1 aromatic carbocycles. The summed E-state index contributed by atoms with van der Waals surface area (Å²) in [5.74, 6) is 1.01. The maximum Gasteiger partial charge on any atom is 0.151 e. The molecule has 1 aromatic heterocycles. The Morgan fingerprint density at radius 1 is 1.31 bits per heavy atom. The lowest BCUT2D eigenvalue weighted by molar-refractivity contribution is 0.0529. The summed E-state index contributed by atoms with van der Waals surface area (Å²) in [7, 11) is -2.98. The number of aliphatic hydroxyl groups is 1. The van der Waals surface area contributed by atoms with Gasteiger partial charge in [-0.25, -0.2) is 8.42 Å². The van der Waals surface area contributed by atoms with E-state index < -0.39 is 15.9 Å². The Balaban J connectivity index is 1.59. The molecule has 1 N–H and O–H groups in total. The molecule has 2 aromatic rings. The molecule has 0 amide bonds. The van der Waals surface area contributed by atoms with E-state index in [0.717, 1.165) is 4.88 Å². The molecule has 5 nitrogen and oxygen atoms in total. The van der Waals surface area contributed by atoms with Crippen molar-refractivity contribution in [1.82, 2.24) is 4.90 Å². The van der Waals surface area contributed by atoms with E-state index >= 15 is 0 Å². The number of halogens is 1. The second-order valence-corrected chi connectivity index (χ2v) is 10.2. The van der Waals surface area contributed by atoms with Crippen molar-refractivity contribution in [3.05, 3.63) is 51.7 Å². The summed E-state index contributed by atoms with van der Waals surface area (Å²) < 4.78 is 29.3. The molecule has 0 unspecified atom stereocenters. The minimum Gasteiger partial charge on any atom is -0.491 e. The van der Waals surface area contributed by atoms with Gasteiger partial charge in [-0.1, -0.05) is 17.7 Å². The van der Waals surface area contributed by atoms with Crippen LogP contribution in [0, 0.1) is 0 Å². The van der Waals surface area contributed by atoms with Gasteiger partial charge in [-0.05, 0) is 42.1 Å². The van der Waals surface area contributed by atoms with Crippen LogP contribution in [0.5, 0.6) is 5.75 Å². The normalized spacial score (nSPS) is 20.3. The lowest BCUT2D eigenvalue weighted by atomic mass is 10.2. The second-order valence-electron chi connectivity index (χ2n) is 6.48. The van der Waals surface area contributed by atoms with Crippen LogP contribution in [0.1, 0.15) is 11.3 Å². The van der Waals surface area contributed by atoms with E-state index in [-0.39, 0.29) is 24.2 Å². The summed E-state index contributed by atoms with van der Waals surface area (Å²) in [6.45, 7) is 1.14. The molecule has 142 valence electrons. The van der Waals surface area contributed by atoms with E-state index in [1.54, 1.807) is 35.6 Å². The van der Waals surface area contributed by atoms with Crippen LogP contribution in [0.2, 0.25) is 5.02 Å². The second kappa shape index (κ2) is 8.71. The van der Waals surface area contributed by atoms with E-state index in [2.05, 4.69) is 4.90 Å². The first-order valence-electron chi connectivity index (χ1n) is 8.44. The molecule has 1 aliphatic heterocycles. The van der Waals surface area contributed by atoms with Gasteiger partial charge in [-0.2, -0.15) is 0 Å². The monoisotopic (exact) mass is 415 g/mol. The van der Waals surface area contributed by atoms with Gasteiger partial charge >= 0.3 is 0 Å². The van der Waals surface area contributed by atoms with Gasteiger partial charge in [0.05, 0.1) is 11.5 Å². The molecule has 1 saturated heterocycles. The number of hydrogen-bond donors (Lipinski definition) is 1. The number of sulfone groups is 1. The third kappa shape index (κ3) is 5.69. The van der Waals surface area contributed by atoms with Crippen molar-refractivity contribution in [2.24, 2.45) is 0 Å². The van der Waals surface area contributed by atoms with E-state index in [0.29, 0.717) is 30.3 Å². The molecular formula is C18H22ClNO4S2. The molecule has 2 atom stereocenters. The van der Waals surface area contributed by atoms with Gasteiger partial charge in [0.1, 0.15) is 18.5 Å². The molecule has 0 bridgehead atoms. The molecule has 1 aliphatic rings. The van der Waals surface area contributed by atoms with Crippen LogP contribution in [-0.4, -0.2) is 55.2 Å². The molecule has 26 heavy (non-hydrogen) atoms. The fourth-order valence-corrected chi connectivity index (χ4v) is 5.67. The molecule has 0 spiro atoms. The van der Waals surface area contributed by atoms with Crippen molar-refractivity contribution >= 4 is 32.8 Å². The largest absolute Gasteiger partial charge is 0.491 e. The highest BCUT2D eigenvalue weighted by Crippen LogP contribution is 2.22.